The fraction of sp³-hybridized carbons (Fsp3) is 0.250. The van der Waals surface area contributed by atoms with Crippen LogP contribution in [0, 0.1) is 11.3 Å². The molecular weight excluding hydrogens is 196 g/mol. The Morgan fingerprint density at radius 3 is 3.20 bits per heavy atom. The molecule has 15 heavy (non-hydrogen) atoms. The molecule has 2 rings (SSSR count). The summed E-state index contributed by atoms with van der Waals surface area (Å²) in [5.74, 6) is 0.701. The number of nitrogens with one attached hydrogen (secondary N) is 2. The Labute approximate surface area is 84.4 Å². The highest BCUT2D eigenvalue weighted by Gasteiger charge is 2.07. The molecular formula is C8H8N6O. The second-order valence-electron chi connectivity index (χ2n) is 2.83. The topological polar surface area (TPSA) is 98.9 Å². The Bertz CT molecular complexity index is 589. The highest BCUT2D eigenvalue weighted by Crippen LogP contribution is 1.99. The Morgan fingerprint density at radius 1 is 1.73 bits per heavy atom. The van der Waals surface area contributed by atoms with Crippen LogP contribution in [0.5, 0.6) is 0 Å². The maximum atomic E-state index is 11.6. The molecule has 2 aromatic heterocycles. The third kappa shape index (κ3) is 1.42. The van der Waals surface area contributed by atoms with E-state index in [1.165, 1.54) is 6.20 Å². The van der Waals surface area contributed by atoms with Gasteiger partial charge in [0.05, 0.1) is 6.20 Å². The summed E-state index contributed by atoms with van der Waals surface area (Å²) >= 11 is 0. The van der Waals surface area contributed by atoms with Gasteiger partial charge >= 0.3 is 0 Å². The maximum absolute atomic E-state index is 11.6. The zero-order valence-corrected chi connectivity index (χ0v) is 7.98. The van der Waals surface area contributed by atoms with Crippen LogP contribution in [-0.4, -0.2) is 26.1 Å². The summed E-state index contributed by atoms with van der Waals surface area (Å²) in [5.41, 5.74) is -0.460. The number of nitriles is 1. The Kier molecular flexibility index (Phi) is 2.10. The van der Waals surface area contributed by atoms with Crippen LogP contribution >= 0.6 is 0 Å². The smallest absolute Gasteiger partial charge is 0.291 e. The van der Waals surface area contributed by atoms with Crippen molar-refractivity contribution in [2.75, 3.05) is 11.9 Å². The van der Waals surface area contributed by atoms with Crippen molar-refractivity contribution in [3.05, 3.63) is 22.1 Å². The molecule has 2 heterocycles. The number of hydrogen-bond donors (Lipinski definition) is 2. The van der Waals surface area contributed by atoms with Gasteiger partial charge in [0.25, 0.3) is 11.3 Å². The van der Waals surface area contributed by atoms with Crippen LogP contribution in [0.15, 0.2) is 11.0 Å². The van der Waals surface area contributed by atoms with Crippen LogP contribution in [0.4, 0.5) is 5.95 Å². The van der Waals surface area contributed by atoms with Crippen LogP contribution in [0.2, 0.25) is 0 Å². The highest BCUT2D eigenvalue weighted by atomic mass is 16.1. The van der Waals surface area contributed by atoms with E-state index < -0.39 is 5.56 Å². The molecule has 76 valence electrons. The molecule has 2 N–H and O–H groups in total. The molecule has 0 aromatic carbocycles. The van der Waals surface area contributed by atoms with Crippen molar-refractivity contribution >= 4 is 11.7 Å². The van der Waals surface area contributed by atoms with E-state index in [1.54, 1.807) is 6.07 Å². The molecule has 0 atom stereocenters. The van der Waals surface area contributed by atoms with Crippen molar-refractivity contribution in [2.24, 2.45) is 0 Å². The average Bonchev–Trinajstić information content (AvgIpc) is 2.63. The SMILES string of the molecule is CCNc1nc2ncc(C#N)c(=O)n2[nH]1. The van der Waals surface area contributed by atoms with Crippen molar-refractivity contribution in [1.82, 2.24) is 19.6 Å². The van der Waals surface area contributed by atoms with Crippen LogP contribution in [-0.2, 0) is 0 Å². The molecule has 0 spiro atoms. The Morgan fingerprint density at radius 2 is 2.53 bits per heavy atom. The van der Waals surface area contributed by atoms with Crippen molar-refractivity contribution in [3.63, 3.8) is 0 Å². The second kappa shape index (κ2) is 3.42. The summed E-state index contributed by atoms with van der Waals surface area (Å²) in [6, 6.07) is 1.76. The van der Waals surface area contributed by atoms with Gasteiger partial charge in [0.15, 0.2) is 0 Å². The Balaban J connectivity index is 2.67. The van der Waals surface area contributed by atoms with Gasteiger partial charge in [0.1, 0.15) is 11.6 Å². The van der Waals surface area contributed by atoms with E-state index in [-0.39, 0.29) is 11.3 Å². The first kappa shape index (κ1) is 9.21. The van der Waals surface area contributed by atoms with Crippen LogP contribution < -0.4 is 10.9 Å². The molecule has 0 bridgehead atoms. The third-order valence-electron chi connectivity index (χ3n) is 1.84. The van der Waals surface area contributed by atoms with Gasteiger partial charge in [-0.05, 0) is 6.92 Å². The number of hydrogen-bond acceptors (Lipinski definition) is 5. The van der Waals surface area contributed by atoms with E-state index in [0.29, 0.717) is 12.5 Å². The normalized spacial score (nSPS) is 10.1. The van der Waals surface area contributed by atoms with E-state index in [0.717, 1.165) is 4.52 Å². The molecule has 0 fully saturated rings. The number of anilines is 1. The molecule has 0 aliphatic heterocycles. The van der Waals surface area contributed by atoms with Gasteiger partial charge in [-0.1, -0.05) is 0 Å². The molecule has 7 nitrogen and oxygen atoms in total. The largest absolute Gasteiger partial charge is 0.355 e. The fourth-order valence-electron chi connectivity index (χ4n) is 1.18. The van der Waals surface area contributed by atoms with E-state index >= 15 is 0 Å². The predicted molar refractivity (Wildman–Crippen MR) is 52.5 cm³/mol. The molecule has 7 heteroatoms. The van der Waals surface area contributed by atoms with Gasteiger partial charge in [-0.25, -0.2) is 4.98 Å². The summed E-state index contributed by atoms with van der Waals surface area (Å²) in [4.78, 5) is 19.5. The minimum Gasteiger partial charge on any atom is -0.355 e. The lowest BCUT2D eigenvalue weighted by atomic mass is 10.4. The standard InChI is InChI=1S/C8H8N6O/c1-2-10-7-12-8-11-4-5(3-9)6(15)14(8)13-7/h4H,2H2,1H3,(H2,10,11,12,13). The molecule has 0 unspecified atom stereocenters. The third-order valence-corrected chi connectivity index (χ3v) is 1.84. The van der Waals surface area contributed by atoms with E-state index in [2.05, 4.69) is 20.4 Å². The zero-order valence-electron chi connectivity index (χ0n) is 7.98. The van der Waals surface area contributed by atoms with Crippen molar-refractivity contribution in [3.8, 4) is 6.07 Å². The first-order chi connectivity index (χ1) is 7.26. The molecule has 0 amide bonds. The number of aromatic nitrogens is 4. The first-order valence-corrected chi connectivity index (χ1v) is 4.38. The minimum atomic E-state index is -0.445. The lowest BCUT2D eigenvalue weighted by molar-refractivity contribution is 0.891. The number of rotatable bonds is 2. The lowest BCUT2D eigenvalue weighted by Gasteiger charge is -1.92. The average molecular weight is 204 g/mol. The highest BCUT2D eigenvalue weighted by molar-refractivity contribution is 5.38. The molecule has 0 saturated carbocycles. The van der Waals surface area contributed by atoms with Gasteiger partial charge < -0.3 is 5.32 Å². The summed E-state index contributed by atoms with van der Waals surface area (Å²) in [7, 11) is 0. The number of nitrogens with zero attached hydrogens (tertiary/aromatic N) is 4. The van der Waals surface area contributed by atoms with Gasteiger partial charge in [-0.3, -0.25) is 9.89 Å². The van der Waals surface area contributed by atoms with Gasteiger partial charge in [0.2, 0.25) is 5.95 Å². The fourth-order valence-corrected chi connectivity index (χ4v) is 1.18. The maximum Gasteiger partial charge on any atom is 0.291 e. The second-order valence-corrected chi connectivity index (χ2v) is 2.83. The first-order valence-electron chi connectivity index (χ1n) is 4.38. The summed E-state index contributed by atoms with van der Waals surface area (Å²) < 4.78 is 1.14. The van der Waals surface area contributed by atoms with Crippen LogP contribution in [0.3, 0.4) is 0 Å². The van der Waals surface area contributed by atoms with Crippen molar-refractivity contribution in [2.45, 2.75) is 6.92 Å². The predicted octanol–water partition coefficient (Wildman–Crippen LogP) is -0.279. The molecule has 0 aliphatic rings. The van der Waals surface area contributed by atoms with Gasteiger partial charge in [0, 0.05) is 6.54 Å². The zero-order chi connectivity index (χ0) is 10.8. The van der Waals surface area contributed by atoms with E-state index in [1.807, 2.05) is 6.92 Å². The molecule has 2 aromatic rings. The van der Waals surface area contributed by atoms with Gasteiger partial charge in [-0.2, -0.15) is 14.8 Å². The van der Waals surface area contributed by atoms with E-state index in [4.69, 9.17) is 5.26 Å². The quantitative estimate of drug-likeness (QED) is 0.701. The lowest BCUT2D eigenvalue weighted by Crippen LogP contribution is -2.17. The van der Waals surface area contributed by atoms with Crippen molar-refractivity contribution in [1.29, 1.82) is 5.26 Å². The van der Waals surface area contributed by atoms with Gasteiger partial charge in [-0.15, -0.1) is 0 Å². The monoisotopic (exact) mass is 204 g/mol. The summed E-state index contributed by atoms with van der Waals surface area (Å²) in [6.45, 7) is 2.59. The summed E-state index contributed by atoms with van der Waals surface area (Å²) in [6.07, 6.45) is 1.22. The van der Waals surface area contributed by atoms with Crippen LogP contribution in [0.25, 0.3) is 5.78 Å². The Hall–Kier alpha value is -2.36. The summed E-state index contributed by atoms with van der Waals surface area (Å²) in [5, 5.41) is 14.3. The number of aromatic amines is 1. The molecule has 0 radical (unpaired) electrons. The van der Waals surface area contributed by atoms with E-state index in [9.17, 15) is 4.79 Å². The molecule has 0 saturated heterocycles. The van der Waals surface area contributed by atoms with Crippen LogP contribution in [0.1, 0.15) is 12.5 Å². The van der Waals surface area contributed by atoms with Crippen molar-refractivity contribution < 1.29 is 0 Å². The number of fused-ring (bicyclic) bond motifs is 1. The number of H-pyrrole nitrogens is 1. The minimum absolute atomic E-state index is 0.0146. The molecule has 0 aliphatic carbocycles.